The van der Waals surface area contributed by atoms with E-state index >= 15 is 0 Å². The van der Waals surface area contributed by atoms with Gasteiger partial charge in [0.15, 0.2) is 0 Å². The molecule has 0 saturated heterocycles. The maximum atomic E-state index is 14.1. The Hall–Kier alpha value is -3.44. The van der Waals surface area contributed by atoms with Crippen LogP contribution in [-0.2, 0) is 14.8 Å². The fourth-order valence-corrected chi connectivity index (χ4v) is 4.70. The number of hydrogen-bond acceptors (Lipinski definition) is 6. The lowest BCUT2D eigenvalue weighted by atomic mass is 10.2. The number of carbonyl (C=O) groups excluding carboxylic acids is 2. The molecule has 0 bridgehead atoms. The van der Waals surface area contributed by atoms with Gasteiger partial charge in [-0.2, -0.15) is 0 Å². The van der Waals surface area contributed by atoms with Crippen LogP contribution >= 0.6 is 11.3 Å². The first-order chi connectivity index (χ1) is 15.4. The number of rotatable bonds is 6. The number of carbonyl (C=O) groups is 2. The normalized spacial score (nSPS) is 11.5. The summed E-state index contributed by atoms with van der Waals surface area (Å²) in [7, 11) is -3.76. The van der Waals surface area contributed by atoms with Crippen LogP contribution in [0.2, 0.25) is 0 Å². The predicted molar refractivity (Wildman–Crippen MR) is 126 cm³/mol. The lowest BCUT2D eigenvalue weighted by Gasteiger charge is -2.20. The van der Waals surface area contributed by atoms with Gasteiger partial charge in [-0.05, 0) is 68.6 Å². The fraction of sp³-hybridized carbons (Fsp3) is 0.182. The summed E-state index contributed by atoms with van der Waals surface area (Å²) in [4.78, 5) is 24.6. The van der Waals surface area contributed by atoms with Crippen LogP contribution in [0.15, 0.2) is 64.2 Å². The Morgan fingerprint density at radius 1 is 0.970 bits per heavy atom. The predicted octanol–water partition coefficient (Wildman–Crippen LogP) is 5.29. The van der Waals surface area contributed by atoms with Crippen LogP contribution in [0.25, 0.3) is 0 Å². The molecule has 0 aliphatic carbocycles. The number of ether oxygens (including phenoxy) is 1. The Labute approximate surface area is 194 Å². The monoisotopic (exact) mass is 491 g/mol. The number of hydrogen-bond donors (Lipinski definition) is 3. The van der Waals surface area contributed by atoms with Crippen molar-refractivity contribution < 1.29 is 27.1 Å². The zero-order chi connectivity index (χ0) is 24.2. The molecular weight excluding hydrogens is 469 g/mol. The largest absolute Gasteiger partial charge is 0.444 e. The maximum absolute atomic E-state index is 14.1. The van der Waals surface area contributed by atoms with E-state index in [0.29, 0.717) is 0 Å². The van der Waals surface area contributed by atoms with Gasteiger partial charge in [0.1, 0.15) is 15.6 Å². The third-order valence-electron chi connectivity index (χ3n) is 4.00. The van der Waals surface area contributed by atoms with Gasteiger partial charge >= 0.3 is 6.09 Å². The highest BCUT2D eigenvalue weighted by Gasteiger charge is 2.19. The average Bonchev–Trinajstić information content (AvgIpc) is 3.25. The van der Waals surface area contributed by atoms with Crippen molar-refractivity contribution in [2.45, 2.75) is 30.6 Å². The zero-order valence-corrected chi connectivity index (χ0v) is 19.6. The molecule has 0 aliphatic rings. The van der Waals surface area contributed by atoms with Crippen molar-refractivity contribution in [2.24, 2.45) is 0 Å². The van der Waals surface area contributed by atoms with Gasteiger partial charge in [-0.1, -0.05) is 12.1 Å². The summed E-state index contributed by atoms with van der Waals surface area (Å²) >= 11 is 1.07. The van der Waals surface area contributed by atoms with Crippen LogP contribution in [0.1, 0.15) is 31.1 Å². The Kier molecular flexibility index (Phi) is 7.04. The van der Waals surface area contributed by atoms with Crippen molar-refractivity contribution in [1.29, 1.82) is 0 Å². The second kappa shape index (κ2) is 9.59. The van der Waals surface area contributed by atoms with E-state index in [1.165, 1.54) is 42.5 Å². The van der Waals surface area contributed by atoms with Gasteiger partial charge in [-0.15, -0.1) is 11.3 Å². The lowest BCUT2D eigenvalue weighted by molar-refractivity contribution is 0.0635. The van der Waals surface area contributed by atoms with Crippen molar-refractivity contribution in [3.8, 4) is 0 Å². The van der Waals surface area contributed by atoms with Crippen LogP contribution in [-0.4, -0.2) is 26.0 Å². The summed E-state index contributed by atoms with van der Waals surface area (Å²) in [5.74, 6) is -1.26. The summed E-state index contributed by atoms with van der Waals surface area (Å²) < 4.78 is 46.6. The molecule has 2 amide bonds. The molecule has 3 aromatic rings. The molecule has 3 N–H and O–H groups in total. The Morgan fingerprint density at radius 3 is 2.39 bits per heavy atom. The molecule has 174 valence electrons. The summed E-state index contributed by atoms with van der Waals surface area (Å²) in [5, 5.41) is 6.54. The fourth-order valence-electron chi connectivity index (χ4n) is 2.66. The molecule has 2 aromatic carbocycles. The molecule has 0 unspecified atom stereocenters. The SMILES string of the molecule is CC(C)(C)OC(=O)Nc1cc(NC(=O)c2cccc(NS(=O)(=O)c3cccs3)c2)ccc1F. The molecule has 0 radical (unpaired) electrons. The average molecular weight is 492 g/mol. The van der Waals surface area contributed by atoms with Crippen LogP contribution < -0.4 is 15.4 Å². The highest BCUT2D eigenvalue weighted by molar-refractivity contribution is 7.94. The third-order valence-corrected chi connectivity index (χ3v) is 6.78. The second-order valence-corrected chi connectivity index (χ2v) is 10.8. The van der Waals surface area contributed by atoms with E-state index in [1.54, 1.807) is 32.2 Å². The number of nitrogens with one attached hydrogen (secondary N) is 3. The first kappa shape index (κ1) is 24.2. The molecule has 1 heterocycles. The zero-order valence-electron chi connectivity index (χ0n) is 18.0. The molecule has 0 aliphatic heterocycles. The molecule has 8 nitrogen and oxygen atoms in total. The summed E-state index contributed by atoms with van der Waals surface area (Å²) in [6, 6.07) is 12.7. The molecule has 3 rings (SSSR count). The van der Waals surface area contributed by atoms with Crippen LogP contribution in [0.3, 0.4) is 0 Å². The van der Waals surface area contributed by atoms with Gasteiger partial charge in [-0.3, -0.25) is 14.8 Å². The molecule has 33 heavy (non-hydrogen) atoms. The smallest absolute Gasteiger partial charge is 0.412 e. The van der Waals surface area contributed by atoms with Gasteiger partial charge in [0.05, 0.1) is 5.69 Å². The number of sulfonamides is 1. The van der Waals surface area contributed by atoms with Gasteiger partial charge in [0.2, 0.25) is 0 Å². The molecule has 0 fully saturated rings. The van der Waals surface area contributed by atoms with Crippen LogP contribution in [0.4, 0.5) is 26.2 Å². The van der Waals surface area contributed by atoms with Gasteiger partial charge < -0.3 is 10.1 Å². The Balaban J connectivity index is 1.73. The van der Waals surface area contributed by atoms with E-state index in [9.17, 15) is 22.4 Å². The Bertz CT molecular complexity index is 1270. The molecule has 0 atom stereocenters. The van der Waals surface area contributed by atoms with Gasteiger partial charge in [0, 0.05) is 16.9 Å². The lowest BCUT2D eigenvalue weighted by Crippen LogP contribution is -2.27. The van der Waals surface area contributed by atoms with E-state index in [4.69, 9.17) is 4.74 Å². The molecule has 0 spiro atoms. The Morgan fingerprint density at radius 2 is 1.73 bits per heavy atom. The topological polar surface area (TPSA) is 114 Å². The molecule has 1 aromatic heterocycles. The van der Waals surface area contributed by atoms with Crippen molar-refractivity contribution in [3.05, 3.63) is 71.4 Å². The standard InChI is InChI=1S/C22H22FN3O5S2/c1-22(2,3)31-21(28)25-18-13-15(9-10-17(18)23)24-20(27)14-6-4-7-16(12-14)26-33(29,30)19-8-5-11-32-19/h4-13,26H,1-3H3,(H,24,27)(H,25,28). The van der Waals surface area contributed by atoms with E-state index < -0.39 is 33.4 Å². The molecular formula is C22H22FN3O5S2. The minimum absolute atomic E-state index is 0.147. The third kappa shape index (κ3) is 6.77. The van der Waals surface area contributed by atoms with E-state index in [-0.39, 0.29) is 26.8 Å². The number of amides is 2. The second-order valence-electron chi connectivity index (χ2n) is 7.89. The van der Waals surface area contributed by atoms with Crippen molar-refractivity contribution in [3.63, 3.8) is 0 Å². The number of thiophene rings is 1. The van der Waals surface area contributed by atoms with E-state index in [0.717, 1.165) is 17.4 Å². The number of halogens is 1. The highest BCUT2D eigenvalue weighted by Crippen LogP contribution is 2.23. The van der Waals surface area contributed by atoms with Crippen molar-refractivity contribution in [2.75, 3.05) is 15.4 Å². The minimum atomic E-state index is -3.76. The van der Waals surface area contributed by atoms with Crippen molar-refractivity contribution >= 4 is 50.4 Å². The van der Waals surface area contributed by atoms with Crippen LogP contribution in [0, 0.1) is 5.82 Å². The van der Waals surface area contributed by atoms with Crippen LogP contribution in [0.5, 0.6) is 0 Å². The van der Waals surface area contributed by atoms with E-state index in [2.05, 4.69) is 15.4 Å². The summed E-state index contributed by atoms with van der Waals surface area (Å²) in [5.41, 5.74) is -0.325. The number of anilines is 3. The first-order valence-corrected chi connectivity index (χ1v) is 12.1. The summed E-state index contributed by atoms with van der Waals surface area (Å²) in [6.07, 6.45) is -0.837. The quantitative estimate of drug-likeness (QED) is 0.434. The highest BCUT2D eigenvalue weighted by atomic mass is 32.2. The van der Waals surface area contributed by atoms with Gasteiger partial charge in [-0.25, -0.2) is 17.6 Å². The van der Waals surface area contributed by atoms with E-state index in [1.807, 2.05) is 0 Å². The minimum Gasteiger partial charge on any atom is -0.444 e. The van der Waals surface area contributed by atoms with Gasteiger partial charge in [0.25, 0.3) is 15.9 Å². The summed E-state index contributed by atoms with van der Waals surface area (Å²) in [6.45, 7) is 5.02. The van der Waals surface area contributed by atoms with Crippen molar-refractivity contribution in [1.82, 2.24) is 0 Å². The first-order valence-electron chi connectivity index (χ1n) is 9.70. The number of benzene rings is 2. The molecule has 0 saturated carbocycles. The maximum Gasteiger partial charge on any atom is 0.412 e. The molecule has 11 heteroatoms.